The van der Waals surface area contributed by atoms with E-state index in [1.807, 2.05) is 34.3 Å². The number of hydrogen-bond donors (Lipinski definition) is 0. The van der Waals surface area contributed by atoms with Gasteiger partial charge in [-0.25, -0.2) is 10.0 Å². The van der Waals surface area contributed by atoms with E-state index in [1.54, 1.807) is 0 Å². The minimum atomic E-state index is 0.213. The smallest absolute Gasteiger partial charge is 0.233 e. The summed E-state index contributed by atoms with van der Waals surface area (Å²) in [6.07, 6.45) is 4.05. The molecular formula is C19H24N4OS. The summed E-state index contributed by atoms with van der Waals surface area (Å²) in [6, 6.07) is 8.44. The fourth-order valence-corrected chi connectivity index (χ4v) is 4.97. The lowest BCUT2D eigenvalue weighted by Crippen LogP contribution is -2.43. The number of amides is 1. The molecule has 4 rings (SSSR count). The predicted octanol–water partition coefficient (Wildman–Crippen LogP) is 3.66. The molecule has 5 nitrogen and oxygen atoms in total. The lowest BCUT2D eigenvalue weighted by Gasteiger charge is -2.35. The van der Waals surface area contributed by atoms with Gasteiger partial charge in [0.2, 0.25) is 5.91 Å². The number of carbonyl (C=O) groups excluding carboxylic acids is 1. The van der Waals surface area contributed by atoms with Crippen LogP contribution >= 0.6 is 11.8 Å². The van der Waals surface area contributed by atoms with Crippen molar-refractivity contribution in [1.29, 1.82) is 0 Å². The SMILES string of the molecule is CC1CC(C)CN(C(=O)CSC2=Nc3ccccc3C3CC=NN23)C1. The molecule has 1 fully saturated rings. The Labute approximate surface area is 153 Å². The summed E-state index contributed by atoms with van der Waals surface area (Å²) >= 11 is 1.51. The van der Waals surface area contributed by atoms with Crippen LogP contribution in [0.4, 0.5) is 5.69 Å². The summed E-state index contributed by atoms with van der Waals surface area (Å²) in [5.41, 5.74) is 2.22. The number of para-hydroxylation sites is 1. The number of aliphatic imine (C=N–C) groups is 1. The first kappa shape index (κ1) is 16.6. The van der Waals surface area contributed by atoms with Crippen LogP contribution < -0.4 is 0 Å². The highest BCUT2D eigenvalue weighted by Gasteiger charge is 2.33. The second kappa shape index (κ2) is 6.83. The van der Waals surface area contributed by atoms with Gasteiger partial charge in [-0.2, -0.15) is 5.10 Å². The maximum atomic E-state index is 12.7. The molecule has 0 bridgehead atoms. The Morgan fingerprint density at radius 3 is 2.80 bits per heavy atom. The van der Waals surface area contributed by atoms with Gasteiger partial charge in [-0.1, -0.05) is 43.8 Å². The molecule has 0 aliphatic carbocycles. The van der Waals surface area contributed by atoms with Gasteiger partial charge in [-0.3, -0.25) is 4.79 Å². The van der Waals surface area contributed by atoms with E-state index in [2.05, 4.69) is 25.0 Å². The first-order valence-corrected chi connectivity index (χ1v) is 10.00. The third kappa shape index (κ3) is 3.32. The minimum absolute atomic E-state index is 0.213. The van der Waals surface area contributed by atoms with Crippen LogP contribution in [0.1, 0.15) is 38.3 Å². The quantitative estimate of drug-likeness (QED) is 0.812. The van der Waals surface area contributed by atoms with E-state index in [1.165, 1.54) is 23.7 Å². The zero-order valence-corrected chi connectivity index (χ0v) is 15.6. The summed E-state index contributed by atoms with van der Waals surface area (Å²) in [5, 5.41) is 7.30. The molecule has 6 heteroatoms. The number of fused-ring (bicyclic) bond motifs is 3. The molecule has 3 aliphatic rings. The molecule has 0 N–H and O–H groups in total. The number of likely N-dealkylation sites (tertiary alicyclic amines) is 1. The number of thioether (sulfide) groups is 1. The van der Waals surface area contributed by atoms with E-state index in [0.29, 0.717) is 17.6 Å². The van der Waals surface area contributed by atoms with Gasteiger partial charge in [0.05, 0.1) is 17.5 Å². The van der Waals surface area contributed by atoms with Crippen molar-refractivity contribution in [1.82, 2.24) is 9.91 Å². The van der Waals surface area contributed by atoms with Gasteiger partial charge in [0.15, 0.2) is 5.17 Å². The zero-order chi connectivity index (χ0) is 17.4. The van der Waals surface area contributed by atoms with Crippen LogP contribution in [0, 0.1) is 11.8 Å². The fraction of sp³-hybridized carbons (Fsp3) is 0.526. The van der Waals surface area contributed by atoms with Gasteiger partial charge in [0, 0.05) is 31.3 Å². The summed E-state index contributed by atoms with van der Waals surface area (Å²) in [7, 11) is 0. The number of benzene rings is 1. The summed E-state index contributed by atoms with van der Waals surface area (Å²) in [5.74, 6) is 1.82. The van der Waals surface area contributed by atoms with Crippen molar-refractivity contribution in [2.45, 2.75) is 32.7 Å². The van der Waals surface area contributed by atoms with Crippen molar-refractivity contribution >= 4 is 34.7 Å². The Balaban J connectivity index is 1.46. The van der Waals surface area contributed by atoms with Crippen LogP contribution in [0.5, 0.6) is 0 Å². The van der Waals surface area contributed by atoms with Gasteiger partial charge >= 0.3 is 0 Å². The Hall–Kier alpha value is -1.82. The second-order valence-corrected chi connectivity index (χ2v) is 8.32. The average Bonchev–Trinajstić information content (AvgIpc) is 3.08. The molecule has 0 saturated carbocycles. The Morgan fingerprint density at radius 1 is 1.24 bits per heavy atom. The molecule has 3 atom stereocenters. The third-order valence-corrected chi connectivity index (χ3v) is 6.01. The monoisotopic (exact) mass is 356 g/mol. The van der Waals surface area contributed by atoms with Crippen molar-refractivity contribution in [3.8, 4) is 0 Å². The van der Waals surface area contributed by atoms with Crippen LogP contribution in [-0.2, 0) is 4.79 Å². The number of piperidine rings is 1. The minimum Gasteiger partial charge on any atom is -0.341 e. The van der Waals surface area contributed by atoms with Gasteiger partial charge < -0.3 is 4.90 Å². The molecule has 3 aliphatic heterocycles. The van der Waals surface area contributed by atoms with Crippen molar-refractivity contribution in [3.63, 3.8) is 0 Å². The van der Waals surface area contributed by atoms with E-state index in [-0.39, 0.29) is 11.9 Å². The van der Waals surface area contributed by atoms with Crippen LogP contribution in [0.2, 0.25) is 0 Å². The number of amidine groups is 1. The lowest BCUT2D eigenvalue weighted by molar-refractivity contribution is -0.130. The first-order valence-electron chi connectivity index (χ1n) is 9.01. The number of carbonyl (C=O) groups is 1. The molecular weight excluding hydrogens is 332 g/mol. The molecule has 3 heterocycles. The largest absolute Gasteiger partial charge is 0.341 e. The average molecular weight is 356 g/mol. The molecule has 1 saturated heterocycles. The highest BCUT2D eigenvalue weighted by atomic mass is 32.2. The Bertz CT molecular complexity index is 722. The topological polar surface area (TPSA) is 48.3 Å². The molecule has 0 spiro atoms. The van der Waals surface area contributed by atoms with Crippen molar-refractivity contribution in [2.24, 2.45) is 21.9 Å². The maximum Gasteiger partial charge on any atom is 0.233 e. The van der Waals surface area contributed by atoms with E-state index in [4.69, 9.17) is 4.99 Å². The Kier molecular flexibility index (Phi) is 4.54. The number of hydrogen-bond acceptors (Lipinski definition) is 5. The van der Waals surface area contributed by atoms with Gasteiger partial charge in [-0.15, -0.1) is 0 Å². The molecule has 0 aromatic heterocycles. The van der Waals surface area contributed by atoms with Crippen LogP contribution in [0.15, 0.2) is 34.4 Å². The number of rotatable bonds is 2. The summed E-state index contributed by atoms with van der Waals surface area (Å²) in [4.78, 5) is 19.4. The molecule has 1 amide bonds. The highest BCUT2D eigenvalue weighted by Crippen LogP contribution is 2.40. The molecule has 1 aromatic carbocycles. The highest BCUT2D eigenvalue weighted by molar-refractivity contribution is 8.14. The van der Waals surface area contributed by atoms with E-state index < -0.39 is 0 Å². The summed E-state index contributed by atoms with van der Waals surface area (Å²) < 4.78 is 0. The standard InChI is InChI=1S/C19H24N4OS/c1-13-9-14(2)11-22(10-13)18(24)12-25-19-21-16-6-4-3-5-15(16)17-7-8-20-23(17)19/h3-6,8,13-14,17H,7,9-12H2,1-2H3. The molecule has 25 heavy (non-hydrogen) atoms. The van der Waals surface area contributed by atoms with Crippen molar-refractivity contribution in [3.05, 3.63) is 29.8 Å². The van der Waals surface area contributed by atoms with Gasteiger partial charge in [0.25, 0.3) is 0 Å². The number of hydrazone groups is 1. The predicted molar refractivity (Wildman–Crippen MR) is 103 cm³/mol. The lowest BCUT2D eigenvalue weighted by atomic mass is 9.92. The van der Waals surface area contributed by atoms with E-state index in [9.17, 15) is 4.79 Å². The third-order valence-electron chi connectivity index (χ3n) is 5.08. The van der Waals surface area contributed by atoms with Crippen molar-refractivity contribution in [2.75, 3.05) is 18.8 Å². The first-order chi connectivity index (χ1) is 12.1. The molecule has 132 valence electrons. The summed E-state index contributed by atoms with van der Waals surface area (Å²) in [6.45, 7) is 6.22. The second-order valence-electron chi connectivity index (χ2n) is 7.38. The van der Waals surface area contributed by atoms with E-state index >= 15 is 0 Å². The van der Waals surface area contributed by atoms with Gasteiger partial charge in [-0.05, 0) is 24.3 Å². The zero-order valence-electron chi connectivity index (χ0n) is 14.8. The van der Waals surface area contributed by atoms with Crippen molar-refractivity contribution < 1.29 is 4.79 Å². The maximum absolute atomic E-state index is 12.7. The van der Waals surface area contributed by atoms with Crippen LogP contribution in [-0.4, -0.2) is 46.0 Å². The van der Waals surface area contributed by atoms with Crippen LogP contribution in [0.25, 0.3) is 0 Å². The molecule has 0 radical (unpaired) electrons. The van der Waals surface area contributed by atoms with E-state index in [0.717, 1.165) is 30.4 Å². The molecule has 1 aromatic rings. The molecule has 3 unspecified atom stereocenters. The van der Waals surface area contributed by atoms with Crippen LogP contribution in [0.3, 0.4) is 0 Å². The van der Waals surface area contributed by atoms with Gasteiger partial charge in [0.1, 0.15) is 0 Å². The number of nitrogens with zero attached hydrogens (tertiary/aromatic N) is 4. The fourth-order valence-electron chi connectivity index (χ4n) is 4.06. The normalized spacial score (nSPS) is 27.8. The Morgan fingerprint density at radius 2 is 2.00 bits per heavy atom.